The second-order valence-electron chi connectivity index (χ2n) is 5.56. The Bertz CT molecular complexity index is 807. The van der Waals surface area contributed by atoms with Gasteiger partial charge >= 0.3 is 0 Å². The van der Waals surface area contributed by atoms with Gasteiger partial charge in [-0.3, -0.25) is 4.79 Å². The maximum Gasteiger partial charge on any atom is 0.276 e. The first kappa shape index (κ1) is 15.9. The molecule has 3 aromatic rings. The molecule has 2 aromatic heterocycles. The van der Waals surface area contributed by atoms with Crippen molar-refractivity contribution in [2.45, 2.75) is 19.9 Å². The van der Waals surface area contributed by atoms with E-state index in [9.17, 15) is 4.79 Å². The number of hydrogen-bond donors (Lipinski definition) is 0. The summed E-state index contributed by atoms with van der Waals surface area (Å²) in [5, 5.41) is 8.10. The first-order valence-electron chi connectivity index (χ1n) is 7.92. The van der Waals surface area contributed by atoms with E-state index in [1.165, 1.54) is 0 Å². The smallest absolute Gasteiger partial charge is 0.276 e. The van der Waals surface area contributed by atoms with Crippen LogP contribution in [0.5, 0.6) is 0 Å². The molecule has 0 N–H and O–H groups in total. The third-order valence-corrected chi connectivity index (χ3v) is 3.77. The van der Waals surface area contributed by atoms with Crippen LogP contribution in [0.15, 0.2) is 48.9 Å². The summed E-state index contributed by atoms with van der Waals surface area (Å²) in [5.74, 6) is 0.703. The van der Waals surface area contributed by atoms with Gasteiger partial charge in [-0.25, -0.2) is 9.67 Å². The molecule has 3 rings (SSSR count). The highest BCUT2D eigenvalue weighted by molar-refractivity contribution is 5.91. The molecular formula is C17H20N6O. The Labute approximate surface area is 140 Å². The minimum Gasteiger partial charge on any atom is -0.337 e. The molecule has 0 atom stereocenters. The molecule has 0 aliphatic heterocycles. The van der Waals surface area contributed by atoms with Crippen molar-refractivity contribution in [1.82, 2.24) is 29.4 Å². The van der Waals surface area contributed by atoms with Crippen molar-refractivity contribution in [2.24, 2.45) is 7.05 Å². The van der Waals surface area contributed by atoms with Crippen LogP contribution in [0.2, 0.25) is 0 Å². The summed E-state index contributed by atoms with van der Waals surface area (Å²) in [5.41, 5.74) is 1.21. The van der Waals surface area contributed by atoms with Gasteiger partial charge in [0.2, 0.25) is 0 Å². The molecular weight excluding hydrogens is 304 g/mol. The van der Waals surface area contributed by atoms with Gasteiger partial charge < -0.3 is 9.47 Å². The predicted octanol–water partition coefficient (Wildman–Crippen LogP) is 2.05. The largest absolute Gasteiger partial charge is 0.337 e. The van der Waals surface area contributed by atoms with E-state index in [0.717, 1.165) is 17.9 Å². The van der Waals surface area contributed by atoms with Crippen LogP contribution in [-0.2, 0) is 13.6 Å². The molecule has 0 aliphatic carbocycles. The summed E-state index contributed by atoms with van der Waals surface area (Å²) < 4.78 is 3.52. The Morgan fingerprint density at radius 2 is 2.04 bits per heavy atom. The molecule has 0 spiro atoms. The molecule has 0 saturated heterocycles. The molecule has 7 heteroatoms. The van der Waals surface area contributed by atoms with E-state index in [1.807, 2.05) is 55.1 Å². The van der Waals surface area contributed by atoms with Gasteiger partial charge in [-0.05, 0) is 18.6 Å². The summed E-state index contributed by atoms with van der Waals surface area (Å²) in [6.45, 7) is 3.14. The van der Waals surface area contributed by atoms with Crippen LogP contribution in [0.25, 0.3) is 5.69 Å². The van der Waals surface area contributed by atoms with Crippen molar-refractivity contribution in [3.63, 3.8) is 0 Å². The zero-order valence-corrected chi connectivity index (χ0v) is 13.8. The quantitative estimate of drug-likeness (QED) is 0.696. The predicted molar refractivity (Wildman–Crippen MR) is 89.6 cm³/mol. The summed E-state index contributed by atoms with van der Waals surface area (Å²) in [4.78, 5) is 18.8. The molecule has 0 bridgehead atoms. The van der Waals surface area contributed by atoms with Crippen LogP contribution in [-0.4, -0.2) is 41.9 Å². The van der Waals surface area contributed by atoms with Gasteiger partial charge in [0.25, 0.3) is 5.91 Å². The number of carbonyl (C=O) groups excluding carboxylic acids is 1. The van der Waals surface area contributed by atoms with E-state index in [-0.39, 0.29) is 5.91 Å². The summed E-state index contributed by atoms with van der Waals surface area (Å²) in [6.07, 6.45) is 6.13. The van der Waals surface area contributed by atoms with E-state index < -0.39 is 0 Å². The maximum absolute atomic E-state index is 12.8. The number of amides is 1. The van der Waals surface area contributed by atoms with Crippen LogP contribution >= 0.6 is 0 Å². The normalized spacial score (nSPS) is 10.8. The number of hydrogen-bond acceptors (Lipinski definition) is 4. The van der Waals surface area contributed by atoms with Gasteiger partial charge in [-0.2, -0.15) is 0 Å². The summed E-state index contributed by atoms with van der Waals surface area (Å²) in [6, 6.07) is 9.61. The van der Waals surface area contributed by atoms with Crippen LogP contribution in [0.4, 0.5) is 0 Å². The lowest BCUT2D eigenvalue weighted by molar-refractivity contribution is 0.0731. The van der Waals surface area contributed by atoms with Crippen molar-refractivity contribution in [3.05, 3.63) is 60.4 Å². The fourth-order valence-corrected chi connectivity index (χ4v) is 2.47. The van der Waals surface area contributed by atoms with Crippen molar-refractivity contribution in [2.75, 3.05) is 6.54 Å². The number of benzene rings is 1. The monoisotopic (exact) mass is 324 g/mol. The molecule has 24 heavy (non-hydrogen) atoms. The standard InChI is InChI=1S/C17H20N6O/c1-3-10-22(13-16-18-9-11-21(16)2)17(24)15-12-23(20-19-15)14-7-5-4-6-8-14/h4-9,11-12H,3,10,13H2,1-2H3. The number of nitrogens with zero attached hydrogens (tertiary/aromatic N) is 6. The molecule has 0 aliphatic rings. The number of rotatable bonds is 6. The van der Waals surface area contributed by atoms with Gasteiger partial charge in [0.05, 0.1) is 18.4 Å². The lowest BCUT2D eigenvalue weighted by atomic mass is 10.3. The highest BCUT2D eigenvalue weighted by Crippen LogP contribution is 2.10. The SMILES string of the molecule is CCCN(Cc1nccn1C)C(=O)c1cn(-c2ccccc2)nn1. The Kier molecular flexibility index (Phi) is 4.69. The van der Waals surface area contributed by atoms with Crippen molar-refractivity contribution < 1.29 is 4.79 Å². The molecule has 0 radical (unpaired) electrons. The second-order valence-corrected chi connectivity index (χ2v) is 5.56. The van der Waals surface area contributed by atoms with Gasteiger partial charge in [-0.1, -0.05) is 30.3 Å². The van der Waals surface area contributed by atoms with Gasteiger partial charge in [-0.15, -0.1) is 5.10 Å². The number of aryl methyl sites for hydroxylation is 1. The fraction of sp³-hybridized carbons (Fsp3) is 0.294. The fourth-order valence-electron chi connectivity index (χ4n) is 2.47. The lowest BCUT2D eigenvalue weighted by Gasteiger charge is -2.20. The molecule has 1 aromatic carbocycles. The van der Waals surface area contributed by atoms with Crippen molar-refractivity contribution >= 4 is 5.91 Å². The summed E-state index contributed by atoms with van der Waals surface area (Å²) >= 11 is 0. The third kappa shape index (κ3) is 3.34. The third-order valence-electron chi connectivity index (χ3n) is 3.77. The number of para-hydroxylation sites is 1. The summed E-state index contributed by atoms with van der Waals surface area (Å²) in [7, 11) is 1.92. The van der Waals surface area contributed by atoms with Gasteiger partial charge in [0, 0.05) is 26.0 Å². The average Bonchev–Trinajstić information content (AvgIpc) is 3.24. The Balaban J connectivity index is 1.80. The van der Waals surface area contributed by atoms with Crippen LogP contribution in [0, 0.1) is 0 Å². The first-order chi connectivity index (χ1) is 11.7. The van der Waals surface area contributed by atoms with Crippen molar-refractivity contribution in [1.29, 1.82) is 0 Å². The van der Waals surface area contributed by atoms with E-state index in [0.29, 0.717) is 18.8 Å². The molecule has 0 saturated carbocycles. The topological polar surface area (TPSA) is 68.8 Å². The maximum atomic E-state index is 12.8. The van der Waals surface area contributed by atoms with Crippen LogP contribution in [0.1, 0.15) is 29.7 Å². The Hall–Kier alpha value is -2.96. The van der Waals surface area contributed by atoms with Crippen LogP contribution in [0.3, 0.4) is 0 Å². The Morgan fingerprint density at radius 3 is 2.71 bits per heavy atom. The minimum absolute atomic E-state index is 0.137. The zero-order valence-electron chi connectivity index (χ0n) is 13.8. The average molecular weight is 324 g/mol. The Morgan fingerprint density at radius 1 is 1.25 bits per heavy atom. The zero-order chi connectivity index (χ0) is 16.9. The number of aromatic nitrogens is 5. The number of carbonyl (C=O) groups is 1. The molecule has 0 unspecified atom stereocenters. The highest BCUT2D eigenvalue weighted by atomic mass is 16.2. The second kappa shape index (κ2) is 7.08. The minimum atomic E-state index is -0.137. The molecule has 7 nitrogen and oxygen atoms in total. The van der Waals surface area contributed by atoms with E-state index in [2.05, 4.69) is 15.3 Å². The van der Waals surface area contributed by atoms with Gasteiger partial charge in [0.15, 0.2) is 5.69 Å². The van der Waals surface area contributed by atoms with Gasteiger partial charge in [0.1, 0.15) is 5.82 Å². The molecule has 0 fully saturated rings. The van der Waals surface area contributed by atoms with E-state index >= 15 is 0 Å². The first-order valence-corrected chi connectivity index (χ1v) is 7.92. The molecule has 2 heterocycles. The van der Waals surface area contributed by atoms with Crippen LogP contribution < -0.4 is 0 Å². The molecule has 124 valence electrons. The lowest BCUT2D eigenvalue weighted by Crippen LogP contribution is -2.32. The van der Waals surface area contributed by atoms with E-state index in [1.54, 1.807) is 22.0 Å². The van der Waals surface area contributed by atoms with E-state index in [4.69, 9.17) is 0 Å². The molecule has 1 amide bonds. The van der Waals surface area contributed by atoms with Crippen molar-refractivity contribution in [3.8, 4) is 5.69 Å². The number of imidazole rings is 1. The highest BCUT2D eigenvalue weighted by Gasteiger charge is 2.20.